The molecule has 1 aliphatic rings. The third-order valence-electron chi connectivity index (χ3n) is 3.52. The van der Waals surface area contributed by atoms with Crippen LogP contribution in [0, 0.1) is 0 Å². The van der Waals surface area contributed by atoms with Crippen LogP contribution >= 0.6 is 0 Å². The van der Waals surface area contributed by atoms with Crippen LogP contribution in [-0.4, -0.2) is 30.1 Å². The van der Waals surface area contributed by atoms with E-state index in [1.807, 2.05) is 0 Å². The summed E-state index contributed by atoms with van der Waals surface area (Å²) in [6.45, 7) is 0. The van der Waals surface area contributed by atoms with Crippen LogP contribution in [0.25, 0.3) is 11.1 Å². The monoisotopic (exact) mass is 302 g/mol. The summed E-state index contributed by atoms with van der Waals surface area (Å²) >= 11 is 0. The minimum Gasteiger partial charge on any atom is -0.508 e. The van der Waals surface area contributed by atoms with Gasteiger partial charge in [0.25, 0.3) is 0 Å². The summed E-state index contributed by atoms with van der Waals surface area (Å²) in [6, 6.07) is 13.0. The molecule has 5 heteroatoms. The summed E-state index contributed by atoms with van der Waals surface area (Å²) in [5.74, 6) is 0.278. The van der Waals surface area contributed by atoms with Crippen LogP contribution in [-0.2, 0) is 9.84 Å². The van der Waals surface area contributed by atoms with Gasteiger partial charge in [0.05, 0.1) is 11.5 Å². The van der Waals surface area contributed by atoms with Crippen molar-refractivity contribution in [2.45, 2.75) is 0 Å². The SMILES string of the molecule is O=S1(=O)CC(c2ccc(O)cc2)=C(c2ccc(O)cc2)C1. The van der Waals surface area contributed by atoms with Crippen LogP contribution in [0.2, 0.25) is 0 Å². The van der Waals surface area contributed by atoms with Gasteiger partial charge in [0.2, 0.25) is 0 Å². The van der Waals surface area contributed by atoms with Crippen molar-refractivity contribution in [1.82, 2.24) is 0 Å². The molecule has 4 nitrogen and oxygen atoms in total. The number of aromatic hydroxyl groups is 2. The maximum atomic E-state index is 12.0. The van der Waals surface area contributed by atoms with E-state index in [9.17, 15) is 18.6 Å². The quantitative estimate of drug-likeness (QED) is 0.893. The summed E-state index contributed by atoms with van der Waals surface area (Å²) in [5.41, 5.74) is 3.08. The third-order valence-corrected chi connectivity index (χ3v) is 4.98. The van der Waals surface area contributed by atoms with E-state index in [2.05, 4.69) is 0 Å². The van der Waals surface area contributed by atoms with E-state index in [1.54, 1.807) is 48.5 Å². The number of benzene rings is 2. The van der Waals surface area contributed by atoms with Crippen LogP contribution in [0.1, 0.15) is 11.1 Å². The molecule has 2 N–H and O–H groups in total. The Morgan fingerprint density at radius 3 is 1.33 bits per heavy atom. The Balaban J connectivity index is 2.13. The minimum atomic E-state index is -3.16. The van der Waals surface area contributed by atoms with Crippen LogP contribution < -0.4 is 0 Å². The maximum absolute atomic E-state index is 12.0. The van der Waals surface area contributed by atoms with Gasteiger partial charge in [-0.25, -0.2) is 8.42 Å². The minimum absolute atomic E-state index is 0.00597. The summed E-state index contributed by atoms with van der Waals surface area (Å²) in [6.07, 6.45) is 0. The highest BCUT2D eigenvalue weighted by Crippen LogP contribution is 2.35. The highest BCUT2D eigenvalue weighted by atomic mass is 32.2. The number of rotatable bonds is 2. The Morgan fingerprint density at radius 2 is 1.00 bits per heavy atom. The summed E-state index contributed by atoms with van der Waals surface area (Å²) < 4.78 is 24.0. The van der Waals surface area contributed by atoms with Crippen molar-refractivity contribution in [2.75, 3.05) is 11.5 Å². The molecule has 0 aliphatic carbocycles. The molecule has 2 aromatic rings. The second-order valence-corrected chi connectivity index (χ2v) is 7.15. The molecule has 0 saturated carbocycles. The van der Waals surface area contributed by atoms with E-state index < -0.39 is 9.84 Å². The highest BCUT2D eigenvalue weighted by molar-refractivity contribution is 7.92. The summed E-state index contributed by atoms with van der Waals surface area (Å²) in [5, 5.41) is 18.7. The lowest BCUT2D eigenvalue weighted by Gasteiger charge is -2.07. The second kappa shape index (κ2) is 4.93. The molecule has 1 aliphatic heterocycles. The first-order chi connectivity index (χ1) is 9.94. The fourth-order valence-corrected chi connectivity index (χ4v) is 4.17. The molecule has 0 spiro atoms. The van der Waals surface area contributed by atoms with Crippen molar-refractivity contribution in [3.05, 3.63) is 59.7 Å². The molecule has 2 aromatic carbocycles. The first-order valence-electron chi connectivity index (χ1n) is 6.46. The topological polar surface area (TPSA) is 74.6 Å². The van der Waals surface area contributed by atoms with Crippen molar-refractivity contribution in [3.63, 3.8) is 0 Å². The number of phenolic OH excluding ortho intramolecular Hbond substituents is 2. The molecule has 0 bridgehead atoms. The van der Waals surface area contributed by atoms with E-state index in [1.165, 1.54) is 0 Å². The molecule has 0 radical (unpaired) electrons. The Hall–Kier alpha value is -2.27. The zero-order chi connectivity index (χ0) is 15.0. The number of hydrogen-bond donors (Lipinski definition) is 2. The van der Waals surface area contributed by atoms with Crippen molar-refractivity contribution >= 4 is 21.0 Å². The van der Waals surface area contributed by atoms with Crippen LogP contribution in [0.4, 0.5) is 0 Å². The highest BCUT2D eigenvalue weighted by Gasteiger charge is 2.29. The summed E-state index contributed by atoms with van der Waals surface area (Å²) in [4.78, 5) is 0. The van der Waals surface area contributed by atoms with Crippen molar-refractivity contribution in [3.8, 4) is 11.5 Å². The smallest absolute Gasteiger partial charge is 0.158 e. The van der Waals surface area contributed by atoms with Gasteiger partial charge in [0.1, 0.15) is 11.5 Å². The van der Waals surface area contributed by atoms with E-state index >= 15 is 0 Å². The Labute approximate surface area is 122 Å². The van der Waals surface area contributed by atoms with Gasteiger partial charge in [-0.05, 0) is 46.5 Å². The first-order valence-corrected chi connectivity index (χ1v) is 8.28. The molecule has 0 unspecified atom stereocenters. The predicted molar refractivity (Wildman–Crippen MR) is 81.7 cm³/mol. The molecule has 1 heterocycles. The lowest BCUT2D eigenvalue weighted by molar-refractivity contribution is 0.474. The zero-order valence-electron chi connectivity index (χ0n) is 11.2. The van der Waals surface area contributed by atoms with Gasteiger partial charge in [0, 0.05) is 0 Å². The standard InChI is InChI=1S/C16H14O4S/c17-13-5-1-11(2-6-13)15-9-21(19,20)10-16(15)12-3-7-14(18)8-4-12/h1-8,17-18H,9-10H2. The van der Waals surface area contributed by atoms with Crippen LogP contribution in [0.3, 0.4) is 0 Å². The van der Waals surface area contributed by atoms with Gasteiger partial charge >= 0.3 is 0 Å². The average Bonchev–Trinajstić information content (AvgIpc) is 2.76. The molecule has 0 saturated heterocycles. The molecule has 108 valence electrons. The fourth-order valence-electron chi connectivity index (χ4n) is 2.51. The van der Waals surface area contributed by atoms with E-state index in [0.717, 1.165) is 22.3 Å². The molecule has 0 aromatic heterocycles. The van der Waals surface area contributed by atoms with Crippen LogP contribution in [0.5, 0.6) is 11.5 Å². The van der Waals surface area contributed by atoms with E-state index in [4.69, 9.17) is 0 Å². The Kier molecular flexibility index (Phi) is 3.22. The van der Waals surface area contributed by atoms with Gasteiger partial charge in [-0.2, -0.15) is 0 Å². The molecule has 0 fully saturated rings. The Morgan fingerprint density at radius 1 is 0.667 bits per heavy atom. The van der Waals surface area contributed by atoms with Gasteiger partial charge in [0.15, 0.2) is 9.84 Å². The average molecular weight is 302 g/mol. The molecule has 3 rings (SSSR count). The van der Waals surface area contributed by atoms with Crippen molar-refractivity contribution in [1.29, 1.82) is 0 Å². The van der Waals surface area contributed by atoms with Crippen LogP contribution in [0.15, 0.2) is 48.5 Å². The van der Waals surface area contributed by atoms with Crippen molar-refractivity contribution < 1.29 is 18.6 Å². The number of phenols is 2. The Bertz CT molecular complexity index is 737. The molecule has 0 amide bonds. The number of sulfone groups is 1. The van der Waals surface area contributed by atoms with Gasteiger partial charge in [-0.1, -0.05) is 24.3 Å². The van der Waals surface area contributed by atoms with Gasteiger partial charge in [-0.3, -0.25) is 0 Å². The fraction of sp³-hybridized carbons (Fsp3) is 0.125. The normalized spacial score (nSPS) is 17.1. The zero-order valence-corrected chi connectivity index (χ0v) is 12.0. The predicted octanol–water partition coefficient (Wildman–Crippen LogP) is 2.44. The molecule has 0 atom stereocenters. The maximum Gasteiger partial charge on any atom is 0.158 e. The molecule has 21 heavy (non-hydrogen) atoms. The van der Waals surface area contributed by atoms with Crippen molar-refractivity contribution in [2.24, 2.45) is 0 Å². The van der Waals surface area contributed by atoms with Gasteiger partial charge in [-0.15, -0.1) is 0 Å². The number of hydrogen-bond acceptors (Lipinski definition) is 4. The van der Waals surface area contributed by atoms with E-state index in [0.29, 0.717) is 0 Å². The lowest BCUT2D eigenvalue weighted by Crippen LogP contribution is -2.03. The third kappa shape index (κ3) is 2.78. The first kappa shape index (κ1) is 13.7. The van der Waals surface area contributed by atoms with E-state index in [-0.39, 0.29) is 23.0 Å². The lowest BCUT2D eigenvalue weighted by atomic mass is 9.97. The second-order valence-electron chi connectivity index (χ2n) is 5.08. The van der Waals surface area contributed by atoms with Gasteiger partial charge < -0.3 is 10.2 Å². The molecular weight excluding hydrogens is 288 g/mol. The molecular formula is C16H14O4S. The largest absolute Gasteiger partial charge is 0.508 e. The summed E-state index contributed by atoms with van der Waals surface area (Å²) in [7, 11) is -3.16.